The van der Waals surface area contributed by atoms with Crippen LogP contribution in [0.25, 0.3) is 0 Å². The molecule has 0 spiro atoms. The monoisotopic (exact) mass is 326 g/mol. The average molecular weight is 326 g/mol. The first-order chi connectivity index (χ1) is 11.4. The molecule has 0 fully saturated rings. The minimum Gasteiger partial charge on any atom is -0.438 e. The van der Waals surface area contributed by atoms with E-state index in [4.69, 9.17) is 4.74 Å². The molecule has 1 heterocycles. The lowest BCUT2D eigenvalue weighted by Gasteiger charge is -2.16. The average Bonchev–Trinajstić information content (AvgIpc) is 2.51. The molecular weight excluding hydrogens is 296 g/mol. The zero-order valence-electron chi connectivity index (χ0n) is 15.9. The number of aryl methyl sites for hydroxylation is 4. The second-order valence-corrected chi connectivity index (χ2v) is 6.68. The number of benzene rings is 1. The van der Waals surface area contributed by atoms with Crippen molar-refractivity contribution in [1.29, 1.82) is 0 Å². The fraction of sp³-hybridized carbons (Fsp3) is 0.476. The highest BCUT2D eigenvalue weighted by Crippen LogP contribution is 2.31. The Hall–Kier alpha value is -1.87. The largest absolute Gasteiger partial charge is 0.438 e. The molecule has 24 heavy (non-hydrogen) atoms. The van der Waals surface area contributed by atoms with E-state index in [0.29, 0.717) is 0 Å². The van der Waals surface area contributed by atoms with Crippen LogP contribution in [-0.2, 0) is 6.42 Å². The van der Waals surface area contributed by atoms with Gasteiger partial charge in [-0.25, -0.2) is 4.98 Å². The van der Waals surface area contributed by atoms with Crippen molar-refractivity contribution in [3.05, 3.63) is 51.7 Å². The van der Waals surface area contributed by atoms with Crippen LogP contribution in [0.2, 0.25) is 0 Å². The summed E-state index contributed by atoms with van der Waals surface area (Å²) in [7, 11) is 0. The van der Waals surface area contributed by atoms with Gasteiger partial charge in [0.25, 0.3) is 0 Å². The third-order valence-corrected chi connectivity index (χ3v) is 4.26. The van der Waals surface area contributed by atoms with Crippen molar-refractivity contribution in [2.24, 2.45) is 0 Å². The maximum atomic E-state index is 6.24. The van der Waals surface area contributed by atoms with Gasteiger partial charge < -0.3 is 10.1 Å². The maximum absolute atomic E-state index is 6.24. The molecule has 3 heteroatoms. The van der Waals surface area contributed by atoms with Crippen molar-refractivity contribution >= 4 is 0 Å². The number of nitrogens with zero attached hydrogens (tertiary/aromatic N) is 1. The number of nitrogens with one attached hydrogen (secondary N) is 1. The molecule has 0 atom stereocenters. The Morgan fingerprint density at radius 3 is 2.25 bits per heavy atom. The lowest BCUT2D eigenvalue weighted by atomic mass is 10.1. The van der Waals surface area contributed by atoms with Gasteiger partial charge in [-0.15, -0.1) is 0 Å². The summed E-state index contributed by atoms with van der Waals surface area (Å²) in [6.07, 6.45) is 2.16. The van der Waals surface area contributed by atoms with Gasteiger partial charge in [-0.3, -0.25) is 0 Å². The smallest absolute Gasteiger partial charge is 0.222 e. The van der Waals surface area contributed by atoms with E-state index in [1.165, 1.54) is 11.1 Å². The highest BCUT2D eigenvalue weighted by Gasteiger charge is 2.13. The second-order valence-electron chi connectivity index (χ2n) is 6.68. The number of rotatable bonds is 7. The van der Waals surface area contributed by atoms with Crippen LogP contribution in [0.1, 0.15) is 46.9 Å². The first-order valence-corrected chi connectivity index (χ1v) is 8.86. The minimum absolute atomic E-state index is 0.732. The van der Waals surface area contributed by atoms with Crippen molar-refractivity contribution in [3.8, 4) is 11.6 Å². The standard InChI is InChI=1S/C21H30N2O/c1-7-9-22-10-8-19-13-17(5)23-21(18(19)6)24-20-15(3)11-14(2)12-16(20)4/h11-13,22H,7-10H2,1-6H3. The Balaban J connectivity index is 2.26. The van der Waals surface area contributed by atoms with Crippen LogP contribution in [0.5, 0.6) is 11.6 Å². The zero-order chi connectivity index (χ0) is 17.7. The molecule has 0 saturated carbocycles. The van der Waals surface area contributed by atoms with Crippen LogP contribution < -0.4 is 10.1 Å². The molecule has 0 unspecified atom stereocenters. The number of aromatic nitrogens is 1. The van der Waals surface area contributed by atoms with E-state index < -0.39 is 0 Å². The fourth-order valence-electron chi connectivity index (χ4n) is 3.08. The predicted molar refractivity (Wildman–Crippen MR) is 101 cm³/mol. The van der Waals surface area contributed by atoms with Crippen LogP contribution in [-0.4, -0.2) is 18.1 Å². The van der Waals surface area contributed by atoms with E-state index >= 15 is 0 Å². The van der Waals surface area contributed by atoms with Gasteiger partial charge >= 0.3 is 0 Å². The van der Waals surface area contributed by atoms with Crippen molar-refractivity contribution in [3.63, 3.8) is 0 Å². The van der Waals surface area contributed by atoms with Gasteiger partial charge in [0.2, 0.25) is 5.88 Å². The summed E-state index contributed by atoms with van der Waals surface area (Å²) in [6, 6.07) is 6.48. The van der Waals surface area contributed by atoms with Crippen molar-refractivity contribution < 1.29 is 4.74 Å². The van der Waals surface area contributed by atoms with Crippen molar-refractivity contribution in [2.75, 3.05) is 13.1 Å². The van der Waals surface area contributed by atoms with Gasteiger partial charge in [-0.05, 0) is 83.3 Å². The Morgan fingerprint density at radius 1 is 0.958 bits per heavy atom. The van der Waals surface area contributed by atoms with Gasteiger partial charge in [-0.2, -0.15) is 0 Å². The van der Waals surface area contributed by atoms with E-state index in [1.807, 2.05) is 6.92 Å². The molecule has 0 bridgehead atoms. The van der Waals surface area contributed by atoms with E-state index in [-0.39, 0.29) is 0 Å². The lowest BCUT2D eigenvalue weighted by Crippen LogP contribution is -2.18. The molecule has 1 aromatic heterocycles. The molecule has 1 N–H and O–H groups in total. The summed E-state index contributed by atoms with van der Waals surface area (Å²) in [5.41, 5.74) is 7.02. The van der Waals surface area contributed by atoms with Crippen molar-refractivity contribution in [2.45, 2.75) is 54.4 Å². The Morgan fingerprint density at radius 2 is 1.62 bits per heavy atom. The summed E-state index contributed by atoms with van der Waals surface area (Å²) in [4.78, 5) is 4.64. The van der Waals surface area contributed by atoms with Gasteiger partial charge in [0.1, 0.15) is 5.75 Å². The number of hydrogen-bond acceptors (Lipinski definition) is 3. The fourth-order valence-corrected chi connectivity index (χ4v) is 3.08. The Labute approximate surface area is 146 Å². The zero-order valence-corrected chi connectivity index (χ0v) is 15.9. The SMILES string of the molecule is CCCNCCc1cc(C)nc(Oc2c(C)cc(C)cc2C)c1C. The topological polar surface area (TPSA) is 34.2 Å². The molecule has 0 aliphatic carbocycles. The molecule has 3 nitrogen and oxygen atoms in total. The lowest BCUT2D eigenvalue weighted by molar-refractivity contribution is 0.449. The Kier molecular flexibility index (Phi) is 6.38. The van der Waals surface area contributed by atoms with Crippen LogP contribution in [0.15, 0.2) is 18.2 Å². The molecule has 0 aliphatic rings. The Bertz CT molecular complexity index is 684. The second kappa shape index (κ2) is 8.29. The van der Waals surface area contributed by atoms with Crippen molar-refractivity contribution in [1.82, 2.24) is 10.3 Å². The summed E-state index contributed by atoms with van der Waals surface area (Å²) in [5.74, 6) is 1.66. The van der Waals surface area contributed by atoms with Crippen LogP contribution in [0.3, 0.4) is 0 Å². The molecule has 0 amide bonds. The van der Waals surface area contributed by atoms with Crippen LogP contribution in [0, 0.1) is 34.6 Å². The van der Waals surface area contributed by atoms with E-state index in [0.717, 1.165) is 59.9 Å². The van der Waals surface area contributed by atoms with Gasteiger partial charge in [-0.1, -0.05) is 24.6 Å². The van der Waals surface area contributed by atoms with E-state index in [9.17, 15) is 0 Å². The number of hydrogen-bond donors (Lipinski definition) is 1. The maximum Gasteiger partial charge on any atom is 0.222 e. The third-order valence-electron chi connectivity index (χ3n) is 4.26. The molecule has 1 aromatic carbocycles. The molecule has 0 aliphatic heterocycles. The van der Waals surface area contributed by atoms with E-state index in [2.05, 4.69) is 63.1 Å². The normalized spacial score (nSPS) is 10.9. The van der Waals surface area contributed by atoms with Gasteiger partial charge in [0.15, 0.2) is 0 Å². The first kappa shape index (κ1) is 18.5. The van der Waals surface area contributed by atoms with Crippen LogP contribution in [0.4, 0.5) is 0 Å². The molecular formula is C21H30N2O. The molecule has 0 saturated heterocycles. The molecule has 2 aromatic rings. The van der Waals surface area contributed by atoms with Crippen LogP contribution >= 0.6 is 0 Å². The third kappa shape index (κ3) is 4.57. The molecule has 2 rings (SSSR count). The summed E-state index contributed by atoms with van der Waals surface area (Å²) >= 11 is 0. The quantitative estimate of drug-likeness (QED) is 0.730. The minimum atomic E-state index is 0.732. The van der Waals surface area contributed by atoms with E-state index in [1.54, 1.807) is 0 Å². The summed E-state index contributed by atoms with van der Waals surface area (Å²) in [6.45, 7) is 14.7. The van der Waals surface area contributed by atoms with Gasteiger partial charge in [0.05, 0.1) is 0 Å². The summed E-state index contributed by atoms with van der Waals surface area (Å²) in [5, 5.41) is 3.46. The predicted octanol–water partition coefficient (Wildman–Crippen LogP) is 4.96. The molecule has 0 radical (unpaired) electrons. The highest BCUT2D eigenvalue weighted by molar-refractivity contribution is 5.46. The first-order valence-electron chi connectivity index (χ1n) is 8.86. The highest BCUT2D eigenvalue weighted by atomic mass is 16.5. The molecule has 130 valence electrons. The summed E-state index contributed by atoms with van der Waals surface area (Å²) < 4.78 is 6.24. The van der Waals surface area contributed by atoms with Gasteiger partial charge in [0, 0.05) is 11.3 Å². The number of ether oxygens (including phenoxy) is 1. The number of pyridine rings is 1.